The van der Waals surface area contributed by atoms with Crippen molar-refractivity contribution in [1.82, 2.24) is 9.97 Å². The van der Waals surface area contributed by atoms with E-state index in [1.807, 2.05) is 0 Å². The van der Waals surface area contributed by atoms with Gasteiger partial charge < -0.3 is 11.5 Å². The standard InChI is InChI=1S/C9H12N4O/c1-9(2-3-9)8-12-4-5(7(11)14)6(10)13-8/h4H,2-3H2,1H3,(H2,11,14)(H2,10,12,13). The van der Waals surface area contributed by atoms with Crippen LogP contribution in [0.5, 0.6) is 0 Å². The van der Waals surface area contributed by atoms with E-state index >= 15 is 0 Å². The Hall–Kier alpha value is -1.65. The second-order valence-electron chi connectivity index (χ2n) is 3.92. The Labute approximate surface area is 81.5 Å². The first kappa shape index (κ1) is 8.93. The predicted molar refractivity (Wildman–Crippen MR) is 51.5 cm³/mol. The molecule has 1 fully saturated rings. The summed E-state index contributed by atoms with van der Waals surface area (Å²) in [5, 5.41) is 0. The number of nitrogens with two attached hydrogens (primary N) is 2. The Morgan fingerprint density at radius 3 is 2.64 bits per heavy atom. The molecule has 0 spiro atoms. The topological polar surface area (TPSA) is 94.9 Å². The average molecular weight is 192 g/mol. The van der Waals surface area contributed by atoms with Gasteiger partial charge in [0.2, 0.25) is 0 Å². The molecule has 5 heteroatoms. The van der Waals surface area contributed by atoms with Gasteiger partial charge in [-0.15, -0.1) is 0 Å². The highest BCUT2D eigenvalue weighted by Crippen LogP contribution is 2.45. The number of nitrogen functional groups attached to an aromatic ring is 1. The number of hydrogen-bond donors (Lipinski definition) is 2. The maximum Gasteiger partial charge on any atom is 0.254 e. The van der Waals surface area contributed by atoms with Gasteiger partial charge >= 0.3 is 0 Å². The van der Waals surface area contributed by atoms with Gasteiger partial charge in [-0.25, -0.2) is 9.97 Å². The minimum absolute atomic E-state index is 0.0598. The molecule has 2 rings (SSSR count). The third-order valence-corrected chi connectivity index (χ3v) is 2.62. The monoisotopic (exact) mass is 192 g/mol. The third kappa shape index (κ3) is 1.30. The first-order chi connectivity index (χ1) is 6.53. The number of hydrogen-bond acceptors (Lipinski definition) is 4. The van der Waals surface area contributed by atoms with Crippen LogP contribution in [0.25, 0.3) is 0 Å². The highest BCUT2D eigenvalue weighted by Gasteiger charge is 2.42. The molecule has 1 saturated carbocycles. The third-order valence-electron chi connectivity index (χ3n) is 2.62. The number of rotatable bonds is 2. The van der Waals surface area contributed by atoms with Crippen LogP contribution in [0, 0.1) is 0 Å². The van der Waals surface area contributed by atoms with Crippen molar-refractivity contribution in [1.29, 1.82) is 0 Å². The van der Waals surface area contributed by atoms with E-state index in [0.717, 1.165) is 12.8 Å². The molecule has 14 heavy (non-hydrogen) atoms. The molecular weight excluding hydrogens is 180 g/mol. The predicted octanol–water partition coefficient (Wildman–Crippen LogP) is 0.209. The van der Waals surface area contributed by atoms with Gasteiger partial charge in [0.15, 0.2) is 0 Å². The molecule has 74 valence electrons. The molecule has 1 amide bonds. The van der Waals surface area contributed by atoms with Crippen molar-refractivity contribution in [3.63, 3.8) is 0 Å². The van der Waals surface area contributed by atoms with Gasteiger partial charge in [-0.2, -0.15) is 0 Å². The Kier molecular flexibility index (Phi) is 1.70. The molecule has 5 nitrogen and oxygen atoms in total. The smallest absolute Gasteiger partial charge is 0.254 e. The summed E-state index contributed by atoms with van der Waals surface area (Å²) < 4.78 is 0. The summed E-state index contributed by atoms with van der Waals surface area (Å²) in [5.74, 6) is 0.297. The van der Waals surface area contributed by atoms with E-state index in [-0.39, 0.29) is 16.8 Å². The number of carbonyl (C=O) groups is 1. The first-order valence-electron chi connectivity index (χ1n) is 4.46. The quantitative estimate of drug-likeness (QED) is 0.700. The fourth-order valence-electron chi connectivity index (χ4n) is 1.29. The van der Waals surface area contributed by atoms with Crippen molar-refractivity contribution in [2.45, 2.75) is 25.2 Å². The van der Waals surface area contributed by atoms with Crippen LogP contribution in [0.3, 0.4) is 0 Å². The van der Waals surface area contributed by atoms with Crippen molar-refractivity contribution in [2.24, 2.45) is 5.73 Å². The molecule has 1 aliphatic carbocycles. The molecule has 0 atom stereocenters. The Morgan fingerprint density at radius 1 is 1.57 bits per heavy atom. The fraction of sp³-hybridized carbons (Fsp3) is 0.444. The summed E-state index contributed by atoms with van der Waals surface area (Å²) in [6.07, 6.45) is 3.55. The lowest BCUT2D eigenvalue weighted by Gasteiger charge is -2.08. The molecule has 0 unspecified atom stereocenters. The molecule has 0 aromatic carbocycles. The molecule has 1 aromatic rings. The Bertz CT molecular complexity index is 398. The molecule has 0 aliphatic heterocycles. The second-order valence-corrected chi connectivity index (χ2v) is 3.92. The van der Waals surface area contributed by atoms with Gasteiger partial charge in [-0.3, -0.25) is 4.79 Å². The van der Waals surface area contributed by atoms with Gasteiger partial charge in [0.25, 0.3) is 5.91 Å². The van der Waals surface area contributed by atoms with E-state index in [0.29, 0.717) is 5.82 Å². The van der Waals surface area contributed by atoms with E-state index in [9.17, 15) is 4.79 Å². The van der Waals surface area contributed by atoms with Crippen LogP contribution in [0.4, 0.5) is 5.82 Å². The van der Waals surface area contributed by atoms with Crippen molar-refractivity contribution in [3.05, 3.63) is 17.6 Å². The van der Waals surface area contributed by atoms with Crippen LogP contribution >= 0.6 is 0 Å². The van der Waals surface area contributed by atoms with Crippen molar-refractivity contribution < 1.29 is 4.79 Å². The van der Waals surface area contributed by atoms with Gasteiger partial charge in [0.1, 0.15) is 11.6 Å². The number of amides is 1. The van der Waals surface area contributed by atoms with Crippen molar-refractivity contribution in [2.75, 3.05) is 5.73 Å². The van der Waals surface area contributed by atoms with Crippen LogP contribution in [-0.2, 0) is 5.41 Å². The first-order valence-corrected chi connectivity index (χ1v) is 4.46. The summed E-state index contributed by atoms with van der Waals surface area (Å²) in [7, 11) is 0. The van der Waals surface area contributed by atoms with E-state index in [1.165, 1.54) is 6.20 Å². The van der Waals surface area contributed by atoms with Crippen LogP contribution in [0.15, 0.2) is 6.20 Å². The zero-order valence-electron chi connectivity index (χ0n) is 7.95. The van der Waals surface area contributed by atoms with Crippen LogP contribution in [-0.4, -0.2) is 15.9 Å². The lowest BCUT2D eigenvalue weighted by molar-refractivity contribution is 0.100. The molecule has 1 aromatic heterocycles. The maximum atomic E-state index is 10.9. The lowest BCUT2D eigenvalue weighted by atomic mass is 10.1. The van der Waals surface area contributed by atoms with E-state index in [1.54, 1.807) is 0 Å². The molecule has 4 N–H and O–H groups in total. The molecule has 0 bridgehead atoms. The number of nitrogens with zero attached hydrogens (tertiary/aromatic N) is 2. The number of aromatic nitrogens is 2. The minimum atomic E-state index is -0.588. The Balaban J connectivity index is 2.40. The van der Waals surface area contributed by atoms with Crippen LogP contribution in [0.2, 0.25) is 0 Å². The van der Waals surface area contributed by atoms with E-state index < -0.39 is 5.91 Å². The zero-order valence-corrected chi connectivity index (χ0v) is 7.95. The van der Waals surface area contributed by atoms with Crippen LogP contribution in [0.1, 0.15) is 35.9 Å². The highest BCUT2D eigenvalue weighted by atomic mass is 16.1. The fourth-order valence-corrected chi connectivity index (χ4v) is 1.29. The van der Waals surface area contributed by atoms with Gasteiger partial charge in [-0.05, 0) is 12.8 Å². The SMILES string of the molecule is CC1(c2ncc(C(N)=O)c(N)n2)CC1. The van der Waals surface area contributed by atoms with Crippen molar-refractivity contribution in [3.8, 4) is 0 Å². The summed E-state index contributed by atoms with van der Waals surface area (Å²) in [4.78, 5) is 19.1. The summed E-state index contributed by atoms with van der Waals surface area (Å²) in [5.41, 5.74) is 10.9. The van der Waals surface area contributed by atoms with E-state index in [2.05, 4.69) is 16.9 Å². The average Bonchev–Trinajstić information content (AvgIpc) is 2.84. The number of primary amides is 1. The molecule has 1 aliphatic rings. The summed E-state index contributed by atoms with van der Waals surface area (Å²) in [6.45, 7) is 2.08. The van der Waals surface area contributed by atoms with Crippen LogP contribution < -0.4 is 11.5 Å². The molecule has 0 radical (unpaired) electrons. The molecule has 1 heterocycles. The lowest BCUT2D eigenvalue weighted by Crippen LogP contribution is -2.17. The van der Waals surface area contributed by atoms with Gasteiger partial charge in [0, 0.05) is 11.6 Å². The Morgan fingerprint density at radius 2 is 2.21 bits per heavy atom. The van der Waals surface area contributed by atoms with E-state index in [4.69, 9.17) is 11.5 Å². The molecule has 0 saturated heterocycles. The normalized spacial score (nSPS) is 17.8. The zero-order chi connectivity index (χ0) is 10.3. The minimum Gasteiger partial charge on any atom is -0.383 e. The largest absolute Gasteiger partial charge is 0.383 e. The molecular formula is C9H12N4O. The number of anilines is 1. The summed E-state index contributed by atoms with van der Waals surface area (Å²) >= 11 is 0. The summed E-state index contributed by atoms with van der Waals surface area (Å²) in [6, 6.07) is 0. The highest BCUT2D eigenvalue weighted by molar-refractivity contribution is 5.96. The maximum absolute atomic E-state index is 10.9. The van der Waals surface area contributed by atoms with Gasteiger partial charge in [-0.1, -0.05) is 6.92 Å². The van der Waals surface area contributed by atoms with Gasteiger partial charge in [0.05, 0.1) is 5.56 Å². The number of carbonyl (C=O) groups excluding carboxylic acids is 1. The van der Waals surface area contributed by atoms with Crippen molar-refractivity contribution >= 4 is 11.7 Å². The second kappa shape index (κ2) is 2.67.